The van der Waals surface area contributed by atoms with Gasteiger partial charge in [0.15, 0.2) is 0 Å². The van der Waals surface area contributed by atoms with Gasteiger partial charge in [0.05, 0.1) is 0 Å². The van der Waals surface area contributed by atoms with Crippen LogP contribution in [0.3, 0.4) is 0 Å². The largest absolute Gasteiger partial charge is 1.00 e. The topological polar surface area (TPSA) is 3.01 Å². The van der Waals surface area contributed by atoms with Crippen LogP contribution in [0.5, 0.6) is 0 Å². The summed E-state index contributed by atoms with van der Waals surface area (Å²) in [7, 11) is 0. The minimum absolute atomic E-state index is 0. The van der Waals surface area contributed by atoms with Gasteiger partial charge in [0.25, 0.3) is 4.38 Å². The third-order valence-corrected chi connectivity index (χ3v) is 9.15. The summed E-state index contributed by atoms with van der Waals surface area (Å²) in [5.74, 6) is 2.65. The van der Waals surface area contributed by atoms with Crippen LogP contribution in [0.15, 0.2) is 0 Å². The summed E-state index contributed by atoms with van der Waals surface area (Å²) in [5, 5.41) is 0. The Hall–Kier alpha value is 0.850. The third kappa shape index (κ3) is 20.0. The maximum Gasteiger partial charge on any atom is 0.270 e. The second-order valence-electron chi connectivity index (χ2n) is 9.31. The van der Waals surface area contributed by atoms with Crippen molar-refractivity contribution in [3.8, 4) is 0 Å². The Morgan fingerprint density at radius 2 is 0.774 bits per heavy atom. The highest BCUT2D eigenvalue weighted by Crippen LogP contribution is 2.26. The fraction of sp³-hybridized carbons (Fsp3) is 0.963. The van der Waals surface area contributed by atoms with Crippen LogP contribution < -0.4 is 17.0 Å². The zero-order valence-corrected chi connectivity index (χ0v) is 24.3. The second kappa shape index (κ2) is 25.5. The standard InChI is InChI=1S/C27H54NS2.BrH/c1-3-5-7-9-11-13-15-17-19-21-23-28(27-29-25-26-30-27)24-22-20-18-16-14-12-10-8-6-4-2;/h3-26H2,1-2H3;1H/q+1;/p-1. The Bertz CT molecular complexity index is 367. The zero-order chi connectivity index (χ0) is 21.5. The van der Waals surface area contributed by atoms with Crippen molar-refractivity contribution >= 4 is 27.9 Å². The molecule has 0 amide bonds. The Kier molecular flexibility index (Phi) is 26.2. The molecule has 1 nitrogen and oxygen atoms in total. The van der Waals surface area contributed by atoms with Crippen molar-refractivity contribution in [2.75, 3.05) is 24.6 Å². The Labute approximate surface area is 215 Å². The van der Waals surface area contributed by atoms with Gasteiger partial charge >= 0.3 is 0 Å². The molecular formula is C27H54BrNS2. The first-order chi connectivity index (χ1) is 14.9. The van der Waals surface area contributed by atoms with E-state index in [0.29, 0.717) is 0 Å². The number of rotatable bonds is 22. The normalized spacial score (nSPS) is 13.5. The lowest BCUT2D eigenvalue weighted by Gasteiger charge is -2.07. The average molecular weight is 537 g/mol. The van der Waals surface area contributed by atoms with Gasteiger partial charge in [-0.1, -0.05) is 117 Å². The molecule has 0 aromatic rings. The minimum atomic E-state index is 0. The molecule has 0 saturated carbocycles. The molecule has 1 saturated heterocycles. The first-order valence-electron chi connectivity index (χ1n) is 13.8. The zero-order valence-electron chi connectivity index (χ0n) is 21.1. The molecule has 31 heavy (non-hydrogen) atoms. The van der Waals surface area contributed by atoms with Crippen LogP contribution in [0, 0.1) is 0 Å². The SMILES string of the molecule is CCCCCCCCCCCC[N+](CCCCCCCCCCCC)=C1SCCS1.[Br-]. The molecule has 4 heteroatoms. The van der Waals surface area contributed by atoms with Crippen molar-refractivity contribution in [2.45, 2.75) is 142 Å². The van der Waals surface area contributed by atoms with E-state index in [1.165, 1.54) is 153 Å². The van der Waals surface area contributed by atoms with Crippen molar-refractivity contribution in [3.05, 3.63) is 0 Å². The number of hydrogen-bond donors (Lipinski definition) is 0. The lowest BCUT2D eigenvalue weighted by atomic mass is 10.1. The Morgan fingerprint density at radius 1 is 0.484 bits per heavy atom. The summed E-state index contributed by atoms with van der Waals surface area (Å²) < 4.78 is 4.39. The van der Waals surface area contributed by atoms with E-state index in [4.69, 9.17) is 0 Å². The smallest absolute Gasteiger partial charge is 0.270 e. The van der Waals surface area contributed by atoms with Crippen LogP contribution in [0.2, 0.25) is 0 Å². The maximum absolute atomic E-state index is 2.75. The van der Waals surface area contributed by atoms with E-state index in [1.807, 2.05) is 0 Å². The third-order valence-electron chi connectivity index (χ3n) is 6.36. The van der Waals surface area contributed by atoms with Crippen LogP contribution in [-0.2, 0) is 0 Å². The van der Waals surface area contributed by atoms with Crippen LogP contribution in [0.4, 0.5) is 0 Å². The maximum atomic E-state index is 2.75. The highest BCUT2D eigenvalue weighted by atomic mass is 79.9. The fourth-order valence-electron chi connectivity index (χ4n) is 4.36. The van der Waals surface area contributed by atoms with Gasteiger partial charge < -0.3 is 17.0 Å². The Balaban J connectivity index is 0.00000900. The number of halogens is 1. The van der Waals surface area contributed by atoms with Crippen molar-refractivity contribution in [2.24, 2.45) is 0 Å². The monoisotopic (exact) mass is 535 g/mol. The van der Waals surface area contributed by atoms with Gasteiger partial charge in [-0.3, -0.25) is 0 Å². The van der Waals surface area contributed by atoms with Gasteiger partial charge in [-0.2, -0.15) is 0 Å². The van der Waals surface area contributed by atoms with Gasteiger partial charge in [-0.15, -0.1) is 0 Å². The molecule has 0 radical (unpaired) electrons. The molecule has 1 rings (SSSR count). The van der Waals surface area contributed by atoms with Crippen LogP contribution in [0.1, 0.15) is 142 Å². The molecule has 186 valence electrons. The quantitative estimate of drug-likeness (QED) is 0.112. The lowest BCUT2D eigenvalue weighted by molar-refractivity contribution is -0.524. The average Bonchev–Trinajstić information content (AvgIpc) is 3.29. The summed E-state index contributed by atoms with van der Waals surface area (Å²) in [6, 6.07) is 0. The van der Waals surface area contributed by atoms with E-state index in [0.717, 1.165) is 0 Å². The van der Waals surface area contributed by atoms with Gasteiger partial charge in [-0.05, 0) is 36.4 Å². The van der Waals surface area contributed by atoms with Gasteiger partial charge in [0.2, 0.25) is 0 Å². The molecule has 0 aliphatic carbocycles. The molecule has 0 bridgehead atoms. The number of nitrogens with zero attached hydrogens (tertiary/aromatic N) is 1. The summed E-state index contributed by atoms with van der Waals surface area (Å²) in [4.78, 5) is 0. The number of hydrogen-bond acceptors (Lipinski definition) is 2. The van der Waals surface area contributed by atoms with Crippen LogP contribution in [0.25, 0.3) is 0 Å². The van der Waals surface area contributed by atoms with E-state index in [2.05, 4.69) is 41.9 Å². The van der Waals surface area contributed by atoms with Crippen molar-refractivity contribution in [3.63, 3.8) is 0 Å². The van der Waals surface area contributed by atoms with Crippen molar-refractivity contribution < 1.29 is 21.6 Å². The first kappa shape index (κ1) is 31.9. The summed E-state index contributed by atoms with van der Waals surface area (Å²) in [5.41, 5.74) is 0. The number of thioether (sulfide) groups is 2. The van der Waals surface area contributed by atoms with Crippen LogP contribution >= 0.6 is 23.5 Å². The highest BCUT2D eigenvalue weighted by molar-refractivity contribution is 8.41. The van der Waals surface area contributed by atoms with E-state index in [9.17, 15) is 0 Å². The summed E-state index contributed by atoms with van der Waals surface area (Å²) in [6.07, 6.45) is 28.8. The van der Waals surface area contributed by atoms with E-state index in [1.54, 1.807) is 4.38 Å². The molecule has 1 aliphatic heterocycles. The van der Waals surface area contributed by atoms with Crippen LogP contribution in [-0.4, -0.2) is 33.5 Å². The van der Waals surface area contributed by atoms with Crippen molar-refractivity contribution in [1.82, 2.24) is 0 Å². The molecule has 0 N–H and O–H groups in total. The lowest BCUT2D eigenvalue weighted by Crippen LogP contribution is -3.00. The Morgan fingerprint density at radius 3 is 1.10 bits per heavy atom. The predicted octanol–water partition coefficient (Wildman–Crippen LogP) is 6.68. The predicted molar refractivity (Wildman–Crippen MR) is 144 cm³/mol. The molecular weight excluding hydrogens is 482 g/mol. The molecule has 0 spiro atoms. The minimum Gasteiger partial charge on any atom is -1.00 e. The molecule has 0 aromatic carbocycles. The number of unbranched alkanes of at least 4 members (excludes halogenated alkanes) is 18. The molecule has 1 heterocycles. The summed E-state index contributed by atoms with van der Waals surface area (Å²) >= 11 is 4.24. The molecule has 1 aliphatic rings. The van der Waals surface area contributed by atoms with Gasteiger partial charge in [0.1, 0.15) is 13.1 Å². The van der Waals surface area contributed by atoms with E-state index < -0.39 is 0 Å². The molecule has 1 fully saturated rings. The van der Waals surface area contributed by atoms with E-state index >= 15 is 0 Å². The van der Waals surface area contributed by atoms with Crippen molar-refractivity contribution in [1.29, 1.82) is 0 Å². The fourth-order valence-corrected chi connectivity index (χ4v) is 6.94. The first-order valence-corrected chi connectivity index (χ1v) is 15.7. The molecule has 0 aromatic heterocycles. The summed E-state index contributed by atoms with van der Waals surface area (Å²) in [6.45, 7) is 7.23. The second-order valence-corrected chi connectivity index (χ2v) is 11.7. The van der Waals surface area contributed by atoms with Gasteiger partial charge in [-0.25, -0.2) is 4.58 Å². The highest BCUT2D eigenvalue weighted by Gasteiger charge is 2.21. The van der Waals surface area contributed by atoms with E-state index in [-0.39, 0.29) is 17.0 Å². The molecule has 0 atom stereocenters. The molecule has 0 unspecified atom stereocenters. The van der Waals surface area contributed by atoms with Gasteiger partial charge in [0, 0.05) is 24.3 Å².